The van der Waals surface area contributed by atoms with E-state index in [1.54, 1.807) is 6.08 Å². The average molecular weight is 490 g/mol. The van der Waals surface area contributed by atoms with Crippen molar-refractivity contribution in [1.82, 2.24) is 19.7 Å². The molecule has 4 rings (SSSR count). The lowest BCUT2D eigenvalue weighted by molar-refractivity contribution is -0.113. The second-order valence-electron chi connectivity index (χ2n) is 8.92. The molecule has 2 aromatic carbocycles. The molecule has 0 bridgehead atoms. The van der Waals surface area contributed by atoms with E-state index in [9.17, 15) is 9.59 Å². The molecule has 1 atom stereocenters. The van der Waals surface area contributed by atoms with Crippen molar-refractivity contribution in [2.75, 3.05) is 17.6 Å². The summed E-state index contributed by atoms with van der Waals surface area (Å²) in [5, 5.41) is 12.5. The zero-order valence-electron chi connectivity index (χ0n) is 20.5. The van der Waals surface area contributed by atoms with E-state index >= 15 is 0 Å². The normalized spacial score (nSPS) is 15.3. The average Bonchev–Trinajstić information content (AvgIpc) is 3.47. The Kier molecular flexibility index (Phi) is 7.70. The van der Waals surface area contributed by atoms with Crippen LogP contribution in [0.2, 0.25) is 0 Å². The van der Waals surface area contributed by atoms with Crippen LogP contribution in [0, 0.1) is 20.8 Å². The van der Waals surface area contributed by atoms with E-state index < -0.39 is 0 Å². The number of hydrogen-bond acceptors (Lipinski definition) is 5. The Hall–Kier alpha value is -3.39. The van der Waals surface area contributed by atoms with Crippen molar-refractivity contribution in [2.45, 2.75) is 51.4 Å². The van der Waals surface area contributed by atoms with Crippen LogP contribution in [0.25, 0.3) is 0 Å². The highest BCUT2D eigenvalue weighted by atomic mass is 32.2. The van der Waals surface area contributed by atoms with Crippen LogP contribution in [0.4, 0.5) is 5.69 Å². The van der Waals surface area contributed by atoms with Gasteiger partial charge in [0.2, 0.25) is 5.91 Å². The predicted octanol–water partition coefficient (Wildman–Crippen LogP) is 5.10. The number of likely N-dealkylation sites (tertiary alicyclic amines) is 1. The third kappa shape index (κ3) is 5.65. The van der Waals surface area contributed by atoms with Crippen molar-refractivity contribution in [3.63, 3.8) is 0 Å². The lowest BCUT2D eigenvalue weighted by Gasteiger charge is -2.24. The van der Waals surface area contributed by atoms with Gasteiger partial charge in [0.05, 0.1) is 11.8 Å². The van der Waals surface area contributed by atoms with Crippen LogP contribution in [0.3, 0.4) is 0 Å². The summed E-state index contributed by atoms with van der Waals surface area (Å²) in [5.41, 5.74) is 4.79. The molecule has 1 unspecified atom stereocenters. The van der Waals surface area contributed by atoms with E-state index in [1.165, 1.54) is 11.8 Å². The van der Waals surface area contributed by atoms with Crippen LogP contribution in [-0.2, 0) is 11.3 Å². The first kappa shape index (κ1) is 24.7. The van der Waals surface area contributed by atoms with E-state index in [0.29, 0.717) is 23.8 Å². The summed E-state index contributed by atoms with van der Waals surface area (Å²) in [6, 6.07) is 13.4. The van der Waals surface area contributed by atoms with Gasteiger partial charge in [0.25, 0.3) is 5.91 Å². The van der Waals surface area contributed by atoms with E-state index in [2.05, 4.69) is 22.1 Å². The zero-order chi connectivity index (χ0) is 24.9. The predicted molar refractivity (Wildman–Crippen MR) is 140 cm³/mol. The van der Waals surface area contributed by atoms with Crippen LogP contribution < -0.4 is 5.32 Å². The number of carbonyl (C=O) groups excluding carboxylic acids is 2. The maximum atomic E-state index is 13.2. The van der Waals surface area contributed by atoms with E-state index in [4.69, 9.17) is 0 Å². The Balaban J connectivity index is 1.48. The Morgan fingerprint density at radius 1 is 1.11 bits per heavy atom. The number of benzene rings is 2. The van der Waals surface area contributed by atoms with Crippen molar-refractivity contribution in [3.05, 3.63) is 83.2 Å². The van der Waals surface area contributed by atoms with Crippen LogP contribution in [0.1, 0.15) is 51.8 Å². The van der Waals surface area contributed by atoms with Gasteiger partial charge >= 0.3 is 0 Å². The zero-order valence-corrected chi connectivity index (χ0v) is 21.3. The highest BCUT2D eigenvalue weighted by molar-refractivity contribution is 7.99. The number of aromatic nitrogens is 3. The third-order valence-electron chi connectivity index (χ3n) is 6.16. The monoisotopic (exact) mass is 489 g/mol. The number of hydrogen-bond donors (Lipinski definition) is 1. The summed E-state index contributed by atoms with van der Waals surface area (Å²) < 4.78 is 1.97. The van der Waals surface area contributed by atoms with Gasteiger partial charge in [-0.25, -0.2) is 0 Å². The van der Waals surface area contributed by atoms with Gasteiger partial charge in [0, 0.05) is 24.3 Å². The lowest BCUT2D eigenvalue weighted by atomic mass is 10.1. The molecule has 2 heterocycles. The highest BCUT2D eigenvalue weighted by Gasteiger charge is 2.34. The molecule has 1 fully saturated rings. The molecule has 1 N–H and O–H groups in total. The van der Waals surface area contributed by atoms with Gasteiger partial charge in [-0.3, -0.25) is 9.59 Å². The fraction of sp³-hybridized carbons (Fsp3) is 0.333. The maximum Gasteiger partial charge on any atom is 0.254 e. The minimum Gasteiger partial charge on any atom is -0.328 e. The minimum atomic E-state index is -0.158. The van der Waals surface area contributed by atoms with Gasteiger partial charge in [0.15, 0.2) is 11.0 Å². The summed E-state index contributed by atoms with van der Waals surface area (Å²) in [6.07, 6.45) is 3.52. The van der Waals surface area contributed by atoms with Crippen molar-refractivity contribution < 1.29 is 9.59 Å². The molecular weight excluding hydrogens is 458 g/mol. The molecule has 182 valence electrons. The third-order valence-corrected chi connectivity index (χ3v) is 7.12. The molecule has 1 aliphatic heterocycles. The molecule has 1 aromatic heterocycles. The molecule has 0 radical (unpaired) electrons. The van der Waals surface area contributed by atoms with Gasteiger partial charge < -0.3 is 14.8 Å². The number of thioether (sulfide) groups is 1. The Labute approximate surface area is 210 Å². The van der Waals surface area contributed by atoms with Gasteiger partial charge in [-0.05, 0) is 57.4 Å². The summed E-state index contributed by atoms with van der Waals surface area (Å²) in [6.45, 7) is 11.1. The van der Waals surface area contributed by atoms with Crippen LogP contribution in [0.5, 0.6) is 0 Å². The second kappa shape index (κ2) is 10.9. The van der Waals surface area contributed by atoms with Crippen LogP contribution in [0.15, 0.2) is 60.3 Å². The molecule has 35 heavy (non-hydrogen) atoms. The highest BCUT2D eigenvalue weighted by Crippen LogP contribution is 2.34. The number of rotatable bonds is 8. The number of aryl methyl sites for hydroxylation is 3. The Morgan fingerprint density at radius 3 is 2.57 bits per heavy atom. The molecule has 3 aromatic rings. The van der Waals surface area contributed by atoms with Gasteiger partial charge in [-0.1, -0.05) is 53.2 Å². The molecule has 0 aliphatic carbocycles. The largest absolute Gasteiger partial charge is 0.328 e. The number of allylic oxidation sites excluding steroid dienone is 1. The van der Waals surface area contributed by atoms with E-state index in [1.807, 2.05) is 72.7 Å². The van der Waals surface area contributed by atoms with Crippen molar-refractivity contribution >= 4 is 29.3 Å². The van der Waals surface area contributed by atoms with Gasteiger partial charge in [-0.2, -0.15) is 0 Å². The minimum absolute atomic E-state index is 0.00250. The standard InChI is InChI=1S/C27H31N5O2S/c1-5-14-32-25(23-7-6-15-31(23)26(34)21-11-8-18(2)9-12-21)29-30-27(32)35-17-24(33)28-22-13-10-19(3)16-20(22)4/h5,8-13,16,23H,1,6-7,14-15,17H2,2-4H3,(H,28,33). The summed E-state index contributed by atoms with van der Waals surface area (Å²) >= 11 is 1.34. The molecule has 0 saturated carbocycles. The Bertz CT molecular complexity index is 1230. The number of nitrogens with one attached hydrogen (secondary N) is 1. The Morgan fingerprint density at radius 2 is 1.86 bits per heavy atom. The number of amides is 2. The molecule has 0 spiro atoms. The second-order valence-corrected chi connectivity index (χ2v) is 9.86. The van der Waals surface area contributed by atoms with Gasteiger partial charge in [0.1, 0.15) is 0 Å². The topological polar surface area (TPSA) is 80.1 Å². The SMILES string of the molecule is C=CCn1c(SCC(=O)Nc2ccc(C)cc2C)nnc1C1CCCN1C(=O)c1ccc(C)cc1. The first-order valence-corrected chi connectivity index (χ1v) is 12.8. The number of carbonyl (C=O) groups is 2. The van der Waals surface area contributed by atoms with Crippen LogP contribution >= 0.6 is 11.8 Å². The molecular formula is C27H31N5O2S. The van der Waals surface area contributed by atoms with Crippen LogP contribution in [-0.4, -0.2) is 43.8 Å². The van der Waals surface area contributed by atoms with Gasteiger partial charge in [-0.15, -0.1) is 16.8 Å². The smallest absolute Gasteiger partial charge is 0.254 e. The maximum absolute atomic E-state index is 13.2. The molecule has 1 aliphatic rings. The molecule has 2 amide bonds. The molecule has 7 nitrogen and oxygen atoms in total. The number of nitrogens with zero attached hydrogens (tertiary/aromatic N) is 4. The van der Waals surface area contributed by atoms with Crippen molar-refractivity contribution in [3.8, 4) is 0 Å². The first-order valence-electron chi connectivity index (χ1n) is 11.8. The molecule has 8 heteroatoms. The quantitative estimate of drug-likeness (QED) is 0.352. The van der Waals surface area contributed by atoms with Crippen molar-refractivity contribution in [1.29, 1.82) is 0 Å². The molecule has 1 saturated heterocycles. The summed E-state index contributed by atoms with van der Waals surface area (Å²) in [4.78, 5) is 27.7. The summed E-state index contributed by atoms with van der Waals surface area (Å²) in [7, 11) is 0. The van der Waals surface area contributed by atoms with E-state index in [0.717, 1.165) is 41.0 Å². The van der Waals surface area contributed by atoms with Crippen molar-refractivity contribution in [2.24, 2.45) is 0 Å². The lowest BCUT2D eigenvalue weighted by Crippen LogP contribution is -2.32. The first-order chi connectivity index (χ1) is 16.9. The number of anilines is 1. The summed E-state index contributed by atoms with van der Waals surface area (Å²) in [5.74, 6) is 0.843. The fourth-order valence-electron chi connectivity index (χ4n) is 4.36. The van der Waals surface area contributed by atoms with E-state index in [-0.39, 0.29) is 23.6 Å². The fourth-order valence-corrected chi connectivity index (χ4v) is 5.12.